The van der Waals surface area contributed by atoms with Crippen LogP contribution in [0.2, 0.25) is 0 Å². The Bertz CT molecular complexity index is 953. The van der Waals surface area contributed by atoms with E-state index < -0.39 is 0 Å². The first-order valence-electron chi connectivity index (χ1n) is 9.54. The molecule has 1 N–H and O–H groups in total. The van der Waals surface area contributed by atoms with Gasteiger partial charge in [-0.3, -0.25) is 14.5 Å². The lowest BCUT2D eigenvalue weighted by Gasteiger charge is -2.30. The van der Waals surface area contributed by atoms with E-state index >= 15 is 0 Å². The van der Waals surface area contributed by atoms with Crippen LogP contribution < -0.4 is 15.0 Å². The largest absolute Gasteiger partial charge is 0.449 e. The third-order valence-corrected chi connectivity index (χ3v) is 5.32. The normalized spacial score (nSPS) is 19.8. The van der Waals surface area contributed by atoms with Crippen molar-refractivity contribution >= 4 is 39.5 Å². The summed E-state index contributed by atoms with van der Waals surface area (Å²) >= 11 is 3.43. The highest BCUT2D eigenvalue weighted by atomic mass is 79.9. The summed E-state index contributed by atoms with van der Waals surface area (Å²) in [5, 5.41) is 2.87. The number of benzene rings is 2. The summed E-state index contributed by atoms with van der Waals surface area (Å²) in [6.07, 6.45) is 3.69. The van der Waals surface area contributed by atoms with E-state index in [0.29, 0.717) is 18.0 Å². The number of carbonyl (C=O) groups excluding carboxylic acids is 2. The summed E-state index contributed by atoms with van der Waals surface area (Å²) in [5.74, 6) is 0.136. The molecule has 2 aliphatic rings. The zero-order valence-electron chi connectivity index (χ0n) is 15.8. The van der Waals surface area contributed by atoms with Crippen LogP contribution in [0.4, 0.5) is 5.69 Å². The molecule has 0 bridgehead atoms. The average molecular weight is 457 g/mol. The molecular weight excluding hydrogens is 436 g/mol. The van der Waals surface area contributed by atoms with Crippen LogP contribution in [-0.4, -0.2) is 37.6 Å². The third-order valence-electron chi connectivity index (χ3n) is 4.83. The second kappa shape index (κ2) is 8.80. The quantitative estimate of drug-likeness (QED) is 0.698. The lowest BCUT2D eigenvalue weighted by molar-refractivity contribution is -0.123. The number of rotatable bonds is 5. The van der Waals surface area contributed by atoms with Gasteiger partial charge in [0, 0.05) is 17.6 Å². The van der Waals surface area contributed by atoms with E-state index in [2.05, 4.69) is 21.2 Å². The van der Waals surface area contributed by atoms with E-state index in [9.17, 15) is 9.59 Å². The Morgan fingerprint density at radius 1 is 1.24 bits per heavy atom. The van der Waals surface area contributed by atoms with Crippen molar-refractivity contribution in [1.82, 2.24) is 5.32 Å². The molecule has 150 valence electrons. The Balaban J connectivity index is 1.54. The Hall–Kier alpha value is -2.64. The van der Waals surface area contributed by atoms with Crippen LogP contribution in [0.5, 0.6) is 5.75 Å². The van der Waals surface area contributed by atoms with Crippen LogP contribution in [0.1, 0.15) is 18.4 Å². The molecule has 7 heteroatoms. The minimum Gasteiger partial charge on any atom is -0.449 e. The highest BCUT2D eigenvalue weighted by Crippen LogP contribution is 2.35. The standard InChI is InChI=1S/C22H21BrN2O4/c23-16-6-3-5-15(11-16)12-20-22(27)25(18-8-1-2-9-19(18)29-20)14-21(26)24-13-17-7-4-10-28-17/h1-3,5-6,8-9,11-12,17H,4,7,10,13-14H2,(H,24,26)/b20-12+/t17-/m0/s1. The molecule has 2 aromatic carbocycles. The lowest BCUT2D eigenvalue weighted by atomic mass is 10.1. The maximum absolute atomic E-state index is 13.1. The van der Waals surface area contributed by atoms with Crippen LogP contribution in [0.25, 0.3) is 6.08 Å². The fourth-order valence-electron chi connectivity index (χ4n) is 3.40. The number of hydrogen-bond acceptors (Lipinski definition) is 4. The van der Waals surface area contributed by atoms with Gasteiger partial charge in [-0.25, -0.2) is 0 Å². The molecule has 1 atom stereocenters. The molecule has 4 rings (SSSR count). The van der Waals surface area contributed by atoms with Crippen LogP contribution in [0.3, 0.4) is 0 Å². The van der Waals surface area contributed by atoms with Gasteiger partial charge in [-0.05, 0) is 48.7 Å². The second-order valence-corrected chi connectivity index (χ2v) is 7.88. The lowest BCUT2D eigenvalue weighted by Crippen LogP contribution is -2.45. The van der Waals surface area contributed by atoms with E-state index in [1.54, 1.807) is 18.2 Å². The van der Waals surface area contributed by atoms with Crippen molar-refractivity contribution in [1.29, 1.82) is 0 Å². The zero-order chi connectivity index (χ0) is 20.2. The first-order valence-corrected chi connectivity index (χ1v) is 10.3. The summed E-state index contributed by atoms with van der Waals surface area (Å²) in [4.78, 5) is 27.0. The molecule has 0 aliphatic carbocycles. The Morgan fingerprint density at radius 3 is 2.90 bits per heavy atom. The summed E-state index contributed by atoms with van der Waals surface area (Å²) in [6, 6.07) is 14.8. The van der Waals surface area contributed by atoms with Crippen LogP contribution >= 0.6 is 15.9 Å². The van der Waals surface area contributed by atoms with Crippen molar-refractivity contribution in [3.8, 4) is 5.75 Å². The van der Waals surface area contributed by atoms with Crippen molar-refractivity contribution in [2.75, 3.05) is 24.6 Å². The van der Waals surface area contributed by atoms with Gasteiger partial charge in [0.05, 0.1) is 11.8 Å². The molecule has 29 heavy (non-hydrogen) atoms. The van der Waals surface area contributed by atoms with Gasteiger partial charge in [0.25, 0.3) is 5.91 Å². The smallest absolute Gasteiger partial charge is 0.294 e. The van der Waals surface area contributed by atoms with Gasteiger partial charge in [-0.1, -0.05) is 40.2 Å². The summed E-state index contributed by atoms with van der Waals surface area (Å²) in [7, 11) is 0. The van der Waals surface area contributed by atoms with Crippen molar-refractivity contribution in [3.63, 3.8) is 0 Å². The predicted octanol–water partition coefficient (Wildman–Crippen LogP) is 3.51. The number of para-hydroxylation sites is 2. The molecule has 2 heterocycles. The monoisotopic (exact) mass is 456 g/mol. The number of nitrogens with zero attached hydrogens (tertiary/aromatic N) is 1. The van der Waals surface area contributed by atoms with E-state index in [0.717, 1.165) is 29.5 Å². The maximum Gasteiger partial charge on any atom is 0.294 e. The molecule has 1 fully saturated rings. The van der Waals surface area contributed by atoms with Crippen LogP contribution in [0, 0.1) is 0 Å². The number of fused-ring (bicyclic) bond motifs is 1. The van der Waals surface area contributed by atoms with Gasteiger partial charge >= 0.3 is 0 Å². The highest BCUT2D eigenvalue weighted by molar-refractivity contribution is 9.10. The average Bonchev–Trinajstić information content (AvgIpc) is 3.23. The van der Waals surface area contributed by atoms with E-state index in [-0.39, 0.29) is 30.2 Å². The van der Waals surface area contributed by atoms with E-state index in [1.807, 2.05) is 36.4 Å². The fraction of sp³-hybridized carbons (Fsp3) is 0.273. The number of anilines is 1. The van der Waals surface area contributed by atoms with Crippen molar-refractivity contribution in [2.45, 2.75) is 18.9 Å². The Kier molecular flexibility index (Phi) is 5.97. The molecule has 6 nitrogen and oxygen atoms in total. The maximum atomic E-state index is 13.1. The predicted molar refractivity (Wildman–Crippen MR) is 114 cm³/mol. The molecule has 2 aromatic rings. The van der Waals surface area contributed by atoms with Gasteiger partial charge in [0.1, 0.15) is 6.54 Å². The Labute approximate surface area is 177 Å². The number of hydrogen-bond donors (Lipinski definition) is 1. The number of halogens is 1. The number of amides is 2. The SMILES string of the molecule is O=C(CN1C(=O)/C(=C\c2cccc(Br)c2)Oc2ccccc21)NC[C@@H]1CCCO1. The molecule has 0 radical (unpaired) electrons. The topological polar surface area (TPSA) is 67.9 Å². The van der Waals surface area contributed by atoms with Gasteiger partial charge < -0.3 is 14.8 Å². The van der Waals surface area contributed by atoms with Gasteiger partial charge in [-0.2, -0.15) is 0 Å². The van der Waals surface area contributed by atoms with Crippen molar-refractivity contribution in [2.24, 2.45) is 0 Å². The van der Waals surface area contributed by atoms with E-state index in [1.165, 1.54) is 4.90 Å². The molecule has 0 spiro atoms. The van der Waals surface area contributed by atoms with Gasteiger partial charge in [-0.15, -0.1) is 0 Å². The van der Waals surface area contributed by atoms with Crippen molar-refractivity contribution < 1.29 is 19.1 Å². The molecule has 0 unspecified atom stereocenters. The molecule has 2 amide bonds. The minimum absolute atomic E-state index is 0.0543. The minimum atomic E-state index is -0.351. The first-order chi connectivity index (χ1) is 14.1. The van der Waals surface area contributed by atoms with Crippen molar-refractivity contribution in [3.05, 3.63) is 64.3 Å². The van der Waals surface area contributed by atoms with Gasteiger partial charge in [0.15, 0.2) is 11.5 Å². The number of carbonyl (C=O) groups is 2. The molecular formula is C22H21BrN2O4. The number of nitrogens with one attached hydrogen (secondary N) is 1. The second-order valence-electron chi connectivity index (χ2n) is 6.96. The van der Waals surface area contributed by atoms with Gasteiger partial charge in [0.2, 0.25) is 5.91 Å². The number of ether oxygens (including phenoxy) is 2. The molecule has 0 saturated carbocycles. The van der Waals surface area contributed by atoms with Crippen LogP contribution in [-0.2, 0) is 14.3 Å². The van der Waals surface area contributed by atoms with E-state index in [4.69, 9.17) is 9.47 Å². The first kappa shape index (κ1) is 19.7. The molecule has 2 aliphatic heterocycles. The molecule has 1 saturated heterocycles. The van der Waals surface area contributed by atoms with Crippen LogP contribution in [0.15, 0.2) is 58.8 Å². The molecule has 0 aromatic heterocycles. The summed E-state index contributed by atoms with van der Waals surface area (Å²) < 4.78 is 12.3. The zero-order valence-corrected chi connectivity index (χ0v) is 17.4. The highest BCUT2D eigenvalue weighted by Gasteiger charge is 2.31. The fourth-order valence-corrected chi connectivity index (χ4v) is 3.82. The summed E-state index contributed by atoms with van der Waals surface area (Å²) in [6.45, 7) is 1.11. The summed E-state index contributed by atoms with van der Waals surface area (Å²) in [5.41, 5.74) is 1.40. The third kappa shape index (κ3) is 4.68. The Morgan fingerprint density at radius 2 is 2.10 bits per heavy atom.